The first-order valence-electron chi connectivity index (χ1n) is 9.60. The van der Waals surface area contributed by atoms with Crippen LogP contribution in [0.5, 0.6) is 0 Å². The van der Waals surface area contributed by atoms with Gasteiger partial charge in [-0.15, -0.1) is 0 Å². The van der Waals surface area contributed by atoms with Crippen molar-refractivity contribution in [3.63, 3.8) is 0 Å². The number of rotatable bonds is 6. The molecular weight excluding hydrogens is 598 g/mol. The van der Waals surface area contributed by atoms with E-state index < -0.39 is 44.6 Å². The van der Waals surface area contributed by atoms with Gasteiger partial charge < -0.3 is 54.1 Å². The summed E-state index contributed by atoms with van der Waals surface area (Å²) in [6.45, 7) is 7.60. The van der Waals surface area contributed by atoms with Crippen LogP contribution in [-0.4, -0.2) is 66.7 Å². The second-order valence-corrected chi connectivity index (χ2v) is 12.6. The Labute approximate surface area is 307 Å². The van der Waals surface area contributed by atoms with Crippen LogP contribution in [0.15, 0.2) is 0 Å². The third kappa shape index (κ3) is 136. The van der Waals surface area contributed by atoms with Crippen LogP contribution < -0.4 is 103 Å². The van der Waals surface area contributed by atoms with Crippen molar-refractivity contribution in [2.45, 2.75) is 53.0 Å². The Bertz CT molecular complexity index is 476. The fraction of sp³-hybridized carbons (Fsp3) is 0.765. The number of hydrogen-bond acceptors (Lipinski definition) is 8. The van der Waals surface area contributed by atoms with Gasteiger partial charge in [0.05, 0.1) is 5.97 Å². The van der Waals surface area contributed by atoms with Crippen LogP contribution in [0.2, 0.25) is 32.2 Å². The zero-order valence-corrected chi connectivity index (χ0v) is 32.7. The third-order valence-corrected chi connectivity index (χ3v) is 3.61. The molecule has 0 aliphatic carbocycles. The van der Waals surface area contributed by atoms with Gasteiger partial charge in [-0.1, -0.05) is 40.4 Å². The van der Waals surface area contributed by atoms with Gasteiger partial charge in [-0.2, -0.15) is 0 Å². The first-order valence-corrected chi connectivity index (χ1v) is 15.2. The van der Waals surface area contributed by atoms with Crippen LogP contribution >= 0.6 is 0 Å². The van der Waals surface area contributed by atoms with Crippen LogP contribution in [0.25, 0.3) is 0 Å². The molecule has 0 radical (unpaired) electrons. The van der Waals surface area contributed by atoms with Crippen molar-refractivity contribution < 1.29 is 157 Å². The van der Waals surface area contributed by atoms with Gasteiger partial charge >= 0.3 is 117 Å². The molecule has 0 heterocycles. The molecule has 0 aliphatic heterocycles. The maximum atomic E-state index is 10.00. The van der Waals surface area contributed by atoms with E-state index in [2.05, 4.69) is 29.0 Å². The second kappa shape index (κ2) is 54.1. The van der Waals surface area contributed by atoms with Crippen LogP contribution in [0.3, 0.4) is 0 Å². The number of nitrogens with zero attached hydrogens (tertiary/aromatic N) is 2. The zero-order chi connectivity index (χ0) is 30.0. The van der Waals surface area contributed by atoms with Crippen LogP contribution in [0.1, 0.15) is 20.8 Å². The average molecular weight is 636 g/mol. The van der Waals surface area contributed by atoms with Gasteiger partial charge in [0.25, 0.3) is 8.68 Å². The Morgan fingerprint density at radius 1 is 0.784 bits per heavy atom. The van der Waals surface area contributed by atoms with E-state index in [9.17, 15) is 30.8 Å². The molecule has 8 nitrogen and oxygen atoms in total. The summed E-state index contributed by atoms with van der Waals surface area (Å²) in [7, 11) is 3.69. The maximum Gasteiger partial charge on any atom is 1.00 e. The largest absolute Gasteiger partial charge is 1.00 e. The van der Waals surface area contributed by atoms with E-state index in [1.165, 1.54) is 35.5 Å². The van der Waals surface area contributed by atoms with E-state index in [-0.39, 0.29) is 103 Å². The van der Waals surface area contributed by atoms with Crippen molar-refractivity contribution in [1.29, 1.82) is 10.5 Å². The summed E-state index contributed by atoms with van der Waals surface area (Å²) in [5, 5.41) is 16.2. The minimum Gasteiger partial charge on any atom is -0.402 e. The quantitative estimate of drug-likeness (QED) is 0.226. The van der Waals surface area contributed by atoms with Gasteiger partial charge in [0.2, 0.25) is 0 Å². The monoisotopic (exact) mass is 636 g/mol. The molecule has 0 saturated carbocycles. The van der Waals surface area contributed by atoms with E-state index in [4.69, 9.17) is 10.5 Å². The smallest absolute Gasteiger partial charge is 0.402 e. The van der Waals surface area contributed by atoms with Crippen molar-refractivity contribution in [2.24, 2.45) is 0 Å². The third-order valence-electron chi connectivity index (χ3n) is 1.94. The molecule has 0 spiro atoms. The van der Waals surface area contributed by atoms with Crippen LogP contribution in [0.4, 0.5) is 26.3 Å². The van der Waals surface area contributed by atoms with Crippen molar-refractivity contribution in [3.8, 4) is 11.7 Å². The summed E-state index contributed by atoms with van der Waals surface area (Å²) < 4.78 is 90.2. The van der Waals surface area contributed by atoms with Gasteiger partial charge in [-0.3, -0.25) is 0 Å². The average Bonchev–Trinajstić information content (AvgIpc) is 2.77. The molecule has 0 aromatic rings. The van der Waals surface area contributed by atoms with Crippen molar-refractivity contribution in [1.82, 2.24) is 0 Å². The molecule has 210 valence electrons. The van der Waals surface area contributed by atoms with E-state index in [1.807, 2.05) is 40.4 Å². The molecule has 37 heavy (non-hydrogen) atoms. The SMILES string of the molecule is CC.CC[Si](C)=O.COB(C#N)OC.COB(OC)OC.C[Si](C)(C)C#N.F[C-](F)F.F[C-](F)F.[K+].[K+]. The first-order chi connectivity index (χ1) is 16.0. The van der Waals surface area contributed by atoms with E-state index in [1.54, 1.807) is 12.5 Å². The molecule has 0 aliphatic rings. The van der Waals surface area contributed by atoms with Crippen molar-refractivity contribution >= 4 is 31.2 Å². The molecule has 0 unspecified atom stereocenters. The molecule has 0 aromatic heterocycles. The minimum absolute atomic E-state index is 0. The van der Waals surface area contributed by atoms with Crippen molar-refractivity contribution in [2.75, 3.05) is 35.5 Å². The second-order valence-electron chi connectivity index (χ2n) is 5.77. The van der Waals surface area contributed by atoms with E-state index in [0.717, 1.165) is 6.04 Å². The summed E-state index contributed by atoms with van der Waals surface area (Å²) in [4.78, 5) is 0. The molecular formula is C17H38B2F6K2N2O6Si2. The Morgan fingerprint density at radius 3 is 0.973 bits per heavy atom. The van der Waals surface area contributed by atoms with Gasteiger partial charge in [0.15, 0.2) is 21.4 Å². The number of hydrogen-bond donors (Lipinski definition) is 0. The van der Waals surface area contributed by atoms with Gasteiger partial charge in [0.1, 0.15) is 0 Å². The maximum absolute atomic E-state index is 10.00. The molecule has 0 atom stereocenters. The van der Waals surface area contributed by atoms with E-state index >= 15 is 0 Å². The van der Waals surface area contributed by atoms with Gasteiger partial charge in [-0.25, -0.2) is 10.5 Å². The fourth-order valence-corrected chi connectivity index (χ4v) is 0.490. The standard InChI is InChI=1S/C4H9NSi.C3H6BNO2.C3H9BO3.C3H8OSi.C2H6.2CF3.2K/c1-6(2,3)4-5;1-6-4(3-5)7-2;1-5-4(6-2)7-3;1-3-5(2)4;1-2;2*2-1(3)4;;/h1-3H3;1-2H3;1-3H3;3H2,1-2H3;1-2H3;;;;/q;;;;;2*-1;2*+1. The number of nitriles is 2. The molecule has 20 heteroatoms. The van der Waals surface area contributed by atoms with E-state index in [0.29, 0.717) is 0 Å². The molecule has 0 fully saturated rings. The predicted molar refractivity (Wildman–Crippen MR) is 128 cm³/mol. The number of halogens is 6. The Hall–Kier alpha value is 2.00. The fourth-order valence-electron chi connectivity index (χ4n) is 0.490. The normalized spacial score (nSPS) is 7.95. The molecule has 0 rings (SSSR count). The topological polar surface area (TPSA) is 111 Å². The Balaban J connectivity index is -0.0000000359. The summed E-state index contributed by atoms with van der Waals surface area (Å²) in [5.74, 6) is 1.76. The summed E-state index contributed by atoms with van der Waals surface area (Å²) in [5.41, 5.74) is 2.24. The Kier molecular flexibility index (Phi) is 91.5. The molecule has 0 saturated heterocycles. The summed E-state index contributed by atoms with van der Waals surface area (Å²) >= 11 is 0. The predicted octanol–water partition coefficient (Wildman–Crippen LogP) is -0.0959. The molecule has 0 amide bonds. The molecule has 0 bridgehead atoms. The molecule has 0 N–H and O–H groups in total. The Morgan fingerprint density at radius 2 is 0.973 bits per heavy atom. The van der Waals surface area contributed by atoms with Gasteiger partial charge in [-0.05, 0) is 12.6 Å². The van der Waals surface area contributed by atoms with Crippen LogP contribution in [-0.2, 0) is 27.7 Å². The van der Waals surface area contributed by atoms with Crippen molar-refractivity contribution in [3.05, 3.63) is 13.4 Å². The molecule has 0 aromatic carbocycles. The van der Waals surface area contributed by atoms with Gasteiger partial charge in [0, 0.05) is 41.2 Å². The summed E-state index contributed by atoms with van der Waals surface area (Å²) in [6.07, 6.45) is 0. The minimum atomic E-state index is -3.08. The zero-order valence-electron chi connectivity index (χ0n) is 24.5. The first kappa shape index (κ1) is 62.6. The van der Waals surface area contributed by atoms with Crippen LogP contribution in [0, 0.1) is 35.5 Å². The summed E-state index contributed by atoms with van der Waals surface area (Å²) in [6, 6.07) is 0.852.